The maximum absolute atomic E-state index is 12.0. The van der Waals surface area contributed by atoms with Crippen LogP contribution in [0.2, 0.25) is 0 Å². The van der Waals surface area contributed by atoms with Crippen molar-refractivity contribution in [2.75, 3.05) is 4.90 Å². The van der Waals surface area contributed by atoms with Crippen LogP contribution in [0.5, 0.6) is 5.75 Å². The van der Waals surface area contributed by atoms with Crippen LogP contribution < -0.4 is 4.90 Å². The molecule has 0 aliphatic rings. The highest BCUT2D eigenvalue weighted by Crippen LogP contribution is 2.45. The van der Waals surface area contributed by atoms with Gasteiger partial charge in [-0.25, -0.2) is 15.0 Å². The molecule has 0 spiro atoms. The third-order valence-corrected chi connectivity index (χ3v) is 9.27. The van der Waals surface area contributed by atoms with Crippen molar-refractivity contribution >= 4 is 39.3 Å². The van der Waals surface area contributed by atoms with Gasteiger partial charge in [-0.1, -0.05) is 81.4 Å². The van der Waals surface area contributed by atoms with Crippen LogP contribution in [0, 0.1) is 13.8 Å². The number of furan rings is 1. The highest BCUT2D eigenvalue weighted by molar-refractivity contribution is 6.07. The molecule has 4 aromatic carbocycles. The van der Waals surface area contributed by atoms with Gasteiger partial charge in [0.05, 0.1) is 11.4 Å². The van der Waals surface area contributed by atoms with E-state index in [4.69, 9.17) is 19.4 Å². The minimum absolute atomic E-state index is 0.172. The summed E-state index contributed by atoms with van der Waals surface area (Å²) in [5.74, 6) is 1.45. The molecule has 0 amide bonds. The molecule has 0 aliphatic carbocycles. The molecule has 0 atom stereocenters. The molecule has 0 saturated carbocycles. The predicted octanol–water partition coefficient (Wildman–Crippen LogP) is 11.3. The van der Waals surface area contributed by atoms with E-state index in [0.717, 1.165) is 56.1 Å². The number of hydrogen-bond acceptors (Lipinski definition) is 7. The average molecular weight is 668 g/mol. The Morgan fingerprint density at radius 3 is 2.22 bits per heavy atom. The van der Waals surface area contributed by atoms with E-state index >= 15 is 0 Å². The number of aromatic hydroxyl groups is 1. The predicted molar refractivity (Wildman–Crippen MR) is 206 cm³/mol. The normalized spacial score (nSPS) is 11.7. The van der Waals surface area contributed by atoms with E-state index in [1.54, 1.807) is 6.20 Å². The summed E-state index contributed by atoms with van der Waals surface area (Å²) in [6.07, 6.45) is 3.62. The second-order valence-electron chi connectivity index (χ2n) is 13.8. The number of benzene rings is 4. The Labute approximate surface area is 296 Å². The number of anilines is 3. The molecule has 8 rings (SSSR count). The van der Waals surface area contributed by atoms with Crippen LogP contribution in [-0.2, 0) is 5.41 Å². The second kappa shape index (κ2) is 12.5. The van der Waals surface area contributed by atoms with Crippen molar-refractivity contribution in [3.8, 4) is 39.5 Å². The fourth-order valence-corrected chi connectivity index (χ4v) is 6.76. The third-order valence-electron chi connectivity index (χ3n) is 9.27. The molecule has 0 saturated heterocycles. The highest BCUT2D eigenvalue weighted by atomic mass is 16.3. The minimum atomic E-state index is -0.349. The number of hydrogen-bond donors (Lipinski definition) is 1. The zero-order chi connectivity index (χ0) is 35.3. The summed E-state index contributed by atoms with van der Waals surface area (Å²) in [6, 6.07) is 38.2. The Bertz CT molecular complexity index is 2530. The van der Waals surface area contributed by atoms with Crippen LogP contribution in [0.25, 0.3) is 55.8 Å². The number of nitrogens with zero attached hydrogens (tertiary/aromatic N) is 5. The molecule has 0 fully saturated rings. The fourth-order valence-electron chi connectivity index (χ4n) is 6.76. The van der Waals surface area contributed by atoms with E-state index in [1.165, 1.54) is 0 Å². The van der Waals surface area contributed by atoms with Gasteiger partial charge in [-0.3, -0.25) is 9.88 Å². The lowest BCUT2D eigenvalue weighted by Gasteiger charge is -2.27. The Kier molecular flexibility index (Phi) is 7.83. The molecule has 51 heavy (non-hydrogen) atoms. The highest BCUT2D eigenvalue weighted by Gasteiger charge is 2.27. The second-order valence-corrected chi connectivity index (χ2v) is 13.8. The number of pyridine rings is 2. The van der Waals surface area contributed by atoms with Gasteiger partial charge in [-0.05, 0) is 90.6 Å². The Morgan fingerprint density at radius 2 is 1.45 bits per heavy atom. The van der Waals surface area contributed by atoms with Gasteiger partial charge in [-0.2, -0.15) is 0 Å². The van der Waals surface area contributed by atoms with Crippen LogP contribution >= 0.6 is 0 Å². The molecule has 1 N–H and O–H groups in total. The Morgan fingerprint density at radius 1 is 0.686 bits per heavy atom. The SMILES string of the molecule is Cc1ccnc(C)c1N(c1cccc(-c2nc(-c3cc(-c4ccccc4)cc(C(C)(C)C)c3O)c3oc4ccccc4c3n2)c1)c1ccccn1. The minimum Gasteiger partial charge on any atom is -0.507 e. The molecular weight excluding hydrogens is 631 g/mol. The van der Waals surface area contributed by atoms with Crippen molar-refractivity contribution in [2.45, 2.75) is 40.0 Å². The summed E-state index contributed by atoms with van der Waals surface area (Å²) in [5, 5.41) is 12.9. The molecule has 0 unspecified atom stereocenters. The number of rotatable bonds is 6. The Hall–Kier alpha value is -6.34. The number of para-hydroxylation sites is 1. The first-order valence-electron chi connectivity index (χ1n) is 17.0. The lowest BCUT2D eigenvalue weighted by Crippen LogP contribution is -2.15. The van der Waals surface area contributed by atoms with Gasteiger partial charge in [0.25, 0.3) is 0 Å². The quantitative estimate of drug-likeness (QED) is 0.189. The van der Waals surface area contributed by atoms with Crippen molar-refractivity contribution in [3.05, 3.63) is 144 Å². The molecule has 8 aromatic rings. The van der Waals surface area contributed by atoms with E-state index in [0.29, 0.717) is 33.8 Å². The fraction of sp³-hybridized carbons (Fsp3) is 0.136. The van der Waals surface area contributed by atoms with Crippen LogP contribution in [0.4, 0.5) is 17.2 Å². The number of fused-ring (bicyclic) bond motifs is 3. The lowest BCUT2D eigenvalue weighted by molar-refractivity contribution is 0.448. The first-order valence-corrected chi connectivity index (χ1v) is 17.0. The molecule has 7 nitrogen and oxygen atoms in total. The van der Waals surface area contributed by atoms with Crippen molar-refractivity contribution < 1.29 is 9.52 Å². The first-order chi connectivity index (χ1) is 24.7. The third kappa shape index (κ3) is 5.76. The topological polar surface area (TPSA) is 88.2 Å². The zero-order valence-corrected chi connectivity index (χ0v) is 29.2. The molecule has 7 heteroatoms. The summed E-state index contributed by atoms with van der Waals surface area (Å²) in [7, 11) is 0. The molecule has 0 radical (unpaired) electrons. The number of phenols is 1. The molecular formula is C44H37N5O2. The van der Waals surface area contributed by atoms with Crippen LogP contribution in [0.15, 0.2) is 132 Å². The number of aromatic nitrogens is 4. The molecule has 250 valence electrons. The van der Waals surface area contributed by atoms with Gasteiger partial charge in [0.1, 0.15) is 28.4 Å². The Balaban J connectivity index is 1.39. The van der Waals surface area contributed by atoms with E-state index in [2.05, 4.69) is 67.9 Å². The van der Waals surface area contributed by atoms with E-state index in [1.807, 2.05) is 98.0 Å². The first kappa shape index (κ1) is 31.9. The molecule has 0 bridgehead atoms. The summed E-state index contributed by atoms with van der Waals surface area (Å²) < 4.78 is 6.50. The monoisotopic (exact) mass is 667 g/mol. The standard InChI is InChI=1S/C44H37N5O2/c1-27-21-23-45-28(2)40(27)49(37-20-11-12-22-46-37)32-17-13-16-30(24-32)43-47-38-33-18-9-10-19-36(33)51-42(38)39(48-43)34-25-31(29-14-7-6-8-15-29)26-35(41(34)50)44(3,4)5/h6-26,50H,1-5H3. The maximum Gasteiger partial charge on any atom is 0.180 e. The summed E-state index contributed by atoms with van der Waals surface area (Å²) >= 11 is 0. The van der Waals surface area contributed by atoms with Gasteiger partial charge in [-0.15, -0.1) is 0 Å². The summed E-state index contributed by atoms with van der Waals surface area (Å²) in [6.45, 7) is 10.4. The maximum atomic E-state index is 12.0. The van der Waals surface area contributed by atoms with Crippen molar-refractivity contribution in [1.29, 1.82) is 0 Å². The van der Waals surface area contributed by atoms with Crippen molar-refractivity contribution in [2.24, 2.45) is 0 Å². The van der Waals surface area contributed by atoms with Gasteiger partial charge in [0, 0.05) is 40.2 Å². The van der Waals surface area contributed by atoms with Crippen molar-refractivity contribution in [1.82, 2.24) is 19.9 Å². The smallest absolute Gasteiger partial charge is 0.180 e. The van der Waals surface area contributed by atoms with E-state index < -0.39 is 0 Å². The molecule has 4 heterocycles. The van der Waals surface area contributed by atoms with Gasteiger partial charge in [0.15, 0.2) is 11.4 Å². The van der Waals surface area contributed by atoms with Gasteiger partial charge in [0.2, 0.25) is 0 Å². The van der Waals surface area contributed by atoms with E-state index in [-0.39, 0.29) is 11.2 Å². The number of aryl methyl sites for hydroxylation is 2. The summed E-state index contributed by atoms with van der Waals surface area (Å²) in [5.41, 5.74) is 10.1. The average Bonchev–Trinajstić information content (AvgIpc) is 3.52. The van der Waals surface area contributed by atoms with Crippen molar-refractivity contribution in [3.63, 3.8) is 0 Å². The largest absolute Gasteiger partial charge is 0.507 e. The van der Waals surface area contributed by atoms with Crippen LogP contribution in [-0.4, -0.2) is 25.0 Å². The number of phenolic OH excluding ortho intramolecular Hbond substituents is 1. The van der Waals surface area contributed by atoms with Crippen LogP contribution in [0.3, 0.4) is 0 Å². The summed E-state index contributed by atoms with van der Waals surface area (Å²) in [4.78, 5) is 21.9. The van der Waals surface area contributed by atoms with Crippen LogP contribution in [0.1, 0.15) is 37.6 Å². The zero-order valence-electron chi connectivity index (χ0n) is 29.2. The van der Waals surface area contributed by atoms with E-state index in [9.17, 15) is 5.11 Å². The van der Waals surface area contributed by atoms with Gasteiger partial charge >= 0.3 is 0 Å². The van der Waals surface area contributed by atoms with Gasteiger partial charge < -0.3 is 9.52 Å². The lowest BCUT2D eigenvalue weighted by atomic mass is 9.82. The molecule has 0 aliphatic heterocycles. The molecule has 4 aromatic heterocycles.